The highest BCUT2D eigenvalue weighted by Crippen LogP contribution is 2.66. The van der Waals surface area contributed by atoms with Gasteiger partial charge in [0.15, 0.2) is 0 Å². The maximum Gasteiger partial charge on any atom is 0.307 e. The Morgan fingerprint density at radius 1 is 0.542 bits per heavy atom. The van der Waals surface area contributed by atoms with Crippen LogP contribution in [0.5, 0.6) is 0 Å². The molecule has 4 nitrogen and oxygen atoms in total. The lowest BCUT2D eigenvalue weighted by Gasteiger charge is -2.45. The van der Waals surface area contributed by atoms with Gasteiger partial charge in [-0.25, -0.2) is 0 Å². The van der Waals surface area contributed by atoms with Crippen molar-refractivity contribution in [1.82, 2.24) is 18.7 Å². The third-order valence-electron chi connectivity index (χ3n) is 4.53. The monoisotopic (exact) mass is 382 g/mol. The molecule has 0 amide bonds. The van der Waals surface area contributed by atoms with Crippen molar-refractivity contribution in [3.63, 3.8) is 0 Å². The molecule has 0 N–H and O–H groups in total. The second-order valence-corrected chi connectivity index (χ2v) is 11.2. The van der Waals surface area contributed by atoms with Gasteiger partial charge in [-0.1, -0.05) is 52.4 Å². The first-order valence-electron chi connectivity index (χ1n) is 9.53. The maximum absolute atomic E-state index is 2.79. The van der Waals surface area contributed by atoms with E-state index in [0.29, 0.717) is 0 Å². The molecule has 0 unspecified atom stereocenters. The van der Waals surface area contributed by atoms with Gasteiger partial charge >= 0.3 is 7.87 Å². The zero-order valence-corrected chi connectivity index (χ0v) is 19.3. The summed E-state index contributed by atoms with van der Waals surface area (Å²) >= 11 is 0. The van der Waals surface area contributed by atoms with Gasteiger partial charge in [0.25, 0.3) is 0 Å². The summed E-state index contributed by atoms with van der Waals surface area (Å²) in [6.45, 7) is 7.02. The second-order valence-electron chi connectivity index (χ2n) is 7.15. The average Bonchev–Trinajstić information content (AvgIpc) is 2.46. The van der Waals surface area contributed by atoms with Crippen molar-refractivity contribution in [3.05, 3.63) is 0 Å². The van der Waals surface area contributed by atoms with E-state index in [2.05, 4.69) is 74.8 Å². The van der Waals surface area contributed by atoms with Gasteiger partial charge in [0, 0.05) is 55.4 Å². The summed E-state index contributed by atoms with van der Waals surface area (Å²) in [6.07, 6.45) is 10.7. The number of hydrogen-bond donors (Lipinski definition) is 0. The Bertz CT molecular complexity index is 254. The first-order chi connectivity index (χ1) is 10.8. The summed E-state index contributed by atoms with van der Waals surface area (Å²) in [5.74, 6) is 0. The van der Waals surface area contributed by atoms with E-state index in [9.17, 15) is 0 Å². The van der Waals surface area contributed by atoms with Gasteiger partial charge in [-0.3, -0.25) is 0 Å². The van der Waals surface area contributed by atoms with Crippen molar-refractivity contribution in [2.24, 2.45) is 0 Å². The van der Waals surface area contributed by atoms with Gasteiger partial charge in [-0.2, -0.15) is 0 Å². The van der Waals surface area contributed by atoms with Crippen LogP contribution in [0.25, 0.3) is 0 Å². The Balaban J connectivity index is 0. The van der Waals surface area contributed by atoms with Gasteiger partial charge < -0.3 is 12.4 Å². The Morgan fingerprint density at radius 3 is 1.12 bits per heavy atom. The van der Waals surface area contributed by atoms with Crippen LogP contribution in [0.3, 0.4) is 0 Å². The fourth-order valence-corrected chi connectivity index (χ4v) is 8.14. The fraction of sp³-hybridized carbons (Fsp3) is 1.00. The molecule has 0 saturated heterocycles. The molecule has 0 aliphatic carbocycles. The SMILES string of the molecule is CCCCCCN(CCCCCC)[P+](N(C)C)(N(C)C)N(C)C.[Cl-]. The summed E-state index contributed by atoms with van der Waals surface area (Å²) < 4.78 is 10.2. The predicted octanol–water partition coefficient (Wildman–Crippen LogP) is 1.82. The van der Waals surface area contributed by atoms with Crippen LogP contribution in [0.1, 0.15) is 65.2 Å². The number of nitrogens with zero attached hydrogens (tertiary/aromatic N) is 4. The Morgan fingerprint density at radius 2 is 0.875 bits per heavy atom. The normalized spacial score (nSPS) is 12.5. The molecular formula is C18H44ClN4P. The van der Waals surface area contributed by atoms with Crippen LogP contribution in [0.2, 0.25) is 0 Å². The Hall–Kier alpha value is 0.560. The summed E-state index contributed by atoms with van der Waals surface area (Å²) in [7, 11) is 11.9. The number of halogens is 1. The molecule has 148 valence electrons. The second kappa shape index (κ2) is 14.7. The largest absolute Gasteiger partial charge is 1.00 e. The van der Waals surface area contributed by atoms with Crippen LogP contribution in [-0.2, 0) is 0 Å². The molecule has 0 aliphatic rings. The first-order valence-corrected chi connectivity index (χ1v) is 11.1. The zero-order valence-electron chi connectivity index (χ0n) is 17.7. The van der Waals surface area contributed by atoms with Crippen molar-refractivity contribution < 1.29 is 12.4 Å². The summed E-state index contributed by atoms with van der Waals surface area (Å²) in [6, 6.07) is 0. The molecule has 0 rings (SSSR count). The molecule has 0 spiro atoms. The van der Waals surface area contributed by atoms with Crippen LogP contribution in [0, 0.1) is 0 Å². The highest BCUT2D eigenvalue weighted by molar-refractivity contribution is 7.66. The van der Waals surface area contributed by atoms with E-state index in [1.807, 2.05) is 0 Å². The van der Waals surface area contributed by atoms with Crippen LogP contribution in [0.15, 0.2) is 0 Å². The quantitative estimate of drug-likeness (QED) is 0.335. The minimum Gasteiger partial charge on any atom is -1.00 e. The number of hydrogen-bond acceptors (Lipinski definition) is 4. The number of unbranched alkanes of at least 4 members (excludes halogenated alkanes) is 6. The third-order valence-corrected chi connectivity index (χ3v) is 8.91. The van der Waals surface area contributed by atoms with Crippen LogP contribution in [0.4, 0.5) is 0 Å². The van der Waals surface area contributed by atoms with E-state index in [0.717, 1.165) is 0 Å². The molecule has 0 saturated carbocycles. The molecule has 0 fully saturated rings. The minimum atomic E-state index is -1.59. The van der Waals surface area contributed by atoms with Crippen LogP contribution >= 0.6 is 7.87 Å². The lowest BCUT2D eigenvalue weighted by molar-refractivity contribution is -0.00000545. The van der Waals surface area contributed by atoms with Crippen molar-refractivity contribution in [1.29, 1.82) is 0 Å². The summed E-state index contributed by atoms with van der Waals surface area (Å²) in [5, 5.41) is 0. The highest BCUT2D eigenvalue weighted by atomic mass is 35.5. The van der Waals surface area contributed by atoms with Gasteiger partial charge in [-0.05, 0) is 12.8 Å². The number of rotatable bonds is 14. The van der Waals surface area contributed by atoms with E-state index in [1.165, 1.54) is 64.5 Å². The Kier molecular flexibility index (Phi) is 16.4. The van der Waals surface area contributed by atoms with Crippen LogP contribution in [-0.4, -0.2) is 74.1 Å². The highest BCUT2D eigenvalue weighted by Gasteiger charge is 2.53. The van der Waals surface area contributed by atoms with E-state index in [1.54, 1.807) is 0 Å². The molecular weight excluding hydrogens is 339 g/mol. The molecule has 0 heterocycles. The maximum atomic E-state index is 2.79. The summed E-state index contributed by atoms with van der Waals surface area (Å²) in [5.41, 5.74) is 0. The van der Waals surface area contributed by atoms with E-state index in [-0.39, 0.29) is 12.4 Å². The van der Waals surface area contributed by atoms with Crippen molar-refractivity contribution in [2.45, 2.75) is 65.2 Å². The van der Waals surface area contributed by atoms with Crippen molar-refractivity contribution in [3.8, 4) is 0 Å². The molecule has 24 heavy (non-hydrogen) atoms. The smallest absolute Gasteiger partial charge is 0.307 e. The van der Waals surface area contributed by atoms with Crippen molar-refractivity contribution in [2.75, 3.05) is 55.4 Å². The molecule has 0 aromatic rings. The van der Waals surface area contributed by atoms with Crippen LogP contribution < -0.4 is 12.4 Å². The van der Waals surface area contributed by atoms with Gasteiger partial charge in [-0.15, -0.1) is 18.7 Å². The van der Waals surface area contributed by atoms with Gasteiger partial charge in [0.1, 0.15) is 0 Å². The Labute approximate surface area is 159 Å². The molecule has 0 aromatic carbocycles. The van der Waals surface area contributed by atoms with Gasteiger partial charge in [0.05, 0.1) is 0 Å². The molecule has 0 aromatic heterocycles. The topological polar surface area (TPSA) is 13.0 Å². The lowest BCUT2D eigenvalue weighted by atomic mass is 10.2. The molecule has 0 bridgehead atoms. The van der Waals surface area contributed by atoms with Crippen molar-refractivity contribution >= 4 is 7.87 Å². The first kappa shape index (κ1) is 26.8. The zero-order chi connectivity index (χ0) is 17.9. The summed E-state index contributed by atoms with van der Waals surface area (Å²) in [4.78, 5) is 0. The predicted molar refractivity (Wildman–Crippen MR) is 108 cm³/mol. The molecule has 0 aliphatic heterocycles. The third kappa shape index (κ3) is 7.85. The molecule has 0 atom stereocenters. The molecule has 0 radical (unpaired) electrons. The average molecular weight is 383 g/mol. The lowest BCUT2D eigenvalue weighted by Crippen LogP contribution is -3.00. The standard InChI is InChI=1S/C18H44N4P.ClH/c1-9-11-13-15-17-22(18-16-14-12-10-2)23(19(3)4,20(5)6)21(7)8;/h9-18H2,1-8H3;1H/q+1;/p-1. The minimum absolute atomic E-state index is 0. The van der Waals surface area contributed by atoms with E-state index < -0.39 is 7.87 Å². The van der Waals surface area contributed by atoms with E-state index in [4.69, 9.17) is 0 Å². The molecule has 6 heteroatoms. The van der Waals surface area contributed by atoms with Gasteiger partial charge in [0.2, 0.25) is 0 Å². The van der Waals surface area contributed by atoms with E-state index >= 15 is 0 Å². The fourth-order valence-electron chi connectivity index (χ4n) is 3.65.